The number of amides is 1. The smallest absolute Gasteiger partial charge is 0.248 e. The van der Waals surface area contributed by atoms with Crippen LogP contribution in [0.1, 0.15) is 0 Å². The lowest BCUT2D eigenvalue weighted by atomic mass is 10.3. The molecule has 15 heavy (non-hydrogen) atoms. The number of aromatic nitrogens is 1. The highest BCUT2D eigenvalue weighted by molar-refractivity contribution is 5.79. The van der Waals surface area contributed by atoms with E-state index in [1.165, 1.54) is 6.20 Å². The molecule has 0 saturated heterocycles. The van der Waals surface area contributed by atoms with Gasteiger partial charge in [0.2, 0.25) is 5.91 Å². The van der Waals surface area contributed by atoms with Crippen LogP contribution in [0.4, 0.5) is 5.82 Å². The first kappa shape index (κ1) is 11.3. The third-order valence-electron chi connectivity index (χ3n) is 1.78. The van der Waals surface area contributed by atoms with E-state index in [2.05, 4.69) is 10.3 Å². The number of aliphatic hydroxyl groups is 1. The summed E-state index contributed by atoms with van der Waals surface area (Å²) >= 11 is 0. The van der Waals surface area contributed by atoms with Gasteiger partial charge in [-0.15, -0.1) is 0 Å². The summed E-state index contributed by atoms with van der Waals surface area (Å²) in [5, 5.41) is 11.9. The van der Waals surface area contributed by atoms with Crippen molar-refractivity contribution in [2.75, 3.05) is 19.0 Å². The number of aliphatic hydroxyl groups excluding tert-OH is 1. The molecule has 4 N–H and O–H groups in total. The second kappa shape index (κ2) is 5.16. The van der Waals surface area contributed by atoms with E-state index < -0.39 is 12.0 Å². The fraction of sp³-hybridized carbons (Fsp3) is 0.333. The Morgan fingerprint density at radius 2 is 2.47 bits per heavy atom. The number of carbonyl (C=O) groups excluding carboxylic acids is 1. The van der Waals surface area contributed by atoms with Gasteiger partial charge >= 0.3 is 0 Å². The molecular weight excluding hydrogens is 198 g/mol. The molecule has 1 aromatic rings. The van der Waals surface area contributed by atoms with Crippen LogP contribution in [0.5, 0.6) is 5.75 Å². The Morgan fingerprint density at radius 3 is 2.93 bits per heavy atom. The zero-order valence-corrected chi connectivity index (χ0v) is 8.30. The molecule has 0 aromatic carbocycles. The van der Waals surface area contributed by atoms with Gasteiger partial charge in [0.1, 0.15) is 17.7 Å². The minimum absolute atomic E-state index is 0.0364. The van der Waals surface area contributed by atoms with Gasteiger partial charge in [-0.05, 0) is 12.1 Å². The molecule has 1 aromatic heterocycles. The predicted octanol–water partition coefficient (Wildman–Crippen LogP) is -0.652. The molecule has 0 aliphatic rings. The molecule has 6 heteroatoms. The summed E-state index contributed by atoms with van der Waals surface area (Å²) < 4.78 is 4.92. The van der Waals surface area contributed by atoms with E-state index in [4.69, 9.17) is 15.6 Å². The third kappa shape index (κ3) is 3.43. The molecule has 82 valence electrons. The minimum Gasteiger partial charge on any atom is -0.495 e. The van der Waals surface area contributed by atoms with E-state index in [1.54, 1.807) is 19.2 Å². The zero-order chi connectivity index (χ0) is 11.3. The van der Waals surface area contributed by atoms with Crippen molar-refractivity contribution < 1.29 is 14.6 Å². The normalized spacial score (nSPS) is 11.9. The van der Waals surface area contributed by atoms with Crippen molar-refractivity contribution in [2.45, 2.75) is 6.10 Å². The van der Waals surface area contributed by atoms with Crippen LogP contribution in [0.3, 0.4) is 0 Å². The van der Waals surface area contributed by atoms with Crippen molar-refractivity contribution >= 4 is 11.7 Å². The summed E-state index contributed by atoms with van der Waals surface area (Å²) in [5.74, 6) is 0.406. The maximum atomic E-state index is 10.5. The second-order valence-corrected chi connectivity index (χ2v) is 2.88. The van der Waals surface area contributed by atoms with Gasteiger partial charge in [-0.1, -0.05) is 0 Å². The predicted molar refractivity (Wildman–Crippen MR) is 54.5 cm³/mol. The Hall–Kier alpha value is -1.82. The molecule has 0 aliphatic heterocycles. The average molecular weight is 211 g/mol. The first-order valence-corrected chi connectivity index (χ1v) is 4.35. The minimum atomic E-state index is -1.21. The van der Waals surface area contributed by atoms with E-state index in [0.717, 1.165) is 0 Å². The fourth-order valence-electron chi connectivity index (χ4n) is 0.907. The quantitative estimate of drug-likeness (QED) is 0.601. The zero-order valence-electron chi connectivity index (χ0n) is 8.30. The Bertz CT molecular complexity index is 326. The maximum Gasteiger partial charge on any atom is 0.248 e. The summed E-state index contributed by atoms with van der Waals surface area (Å²) in [4.78, 5) is 14.5. The lowest BCUT2D eigenvalue weighted by Gasteiger charge is -2.08. The van der Waals surface area contributed by atoms with E-state index in [-0.39, 0.29) is 6.54 Å². The Labute approximate surface area is 87.1 Å². The Kier molecular flexibility index (Phi) is 3.87. The number of hydrogen-bond acceptors (Lipinski definition) is 5. The van der Waals surface area contributed by atoms with E-state index in [0.29, 0.717) is 11.6 Å². The molecule has 0 spiro atoms. The number of nitrogens with one attached hydrogen (secondary N) is 1. The summed E-state index contributed by atoms with van der Waals surface area (Å²) in [6.07, 6.45) is 0.313. The molecule has 0 aliphatic carbocycles. The molecule has 1 rings (SSSR count). The number of primary amides is 1. The van der Waals surface area contributed by atoms with Crippen molar-refractivity contribution in [1.29, 1.82) is 0 Å². The summed E-state index contributed by atoms with van der Waals surface area (Å²) in [6, 6.07) is 3.39. The number of anilines is 1. The van der Waals surface area contributed by atoms with Crippen LogP contribution in [0.2, 0.25) is 0 Å². The molecule has 1 heterocycles. The topological polar surface area (TPSA) is 97.5 Å². The molecule has 0 bridgehead atoms. The maximum absolute atomic E-state index is 10.5. The van der Waals surface area contributed by atoms with E-state index >= 15 is 0 Å². The number of pyridine rings is 1. The number of methoxy groups -OCH3 is 1. The number of ether oxygens (including phenoxy) is 1. The average Bonchev–Trinajstić information content (AvgIpc) is 2.26. The Balaban J connectivity index is 2.47. The number of nitrogens with zero attached hydrogens (tertiary/aromatic N) is 1. The van der Waals surface area contributed by atoms with Crippen LogP contribution in [0.15, 0.2) is 18.3 Å². The number of carbonyl (C=O) groups is 1. The highest BCUT2D eigenvalue weighted by Crippen LogP contribution is 2.10. The van der Waals surface area contributed by atoms with Gasteiger partial charge in [-0.2, -0.15) is 0 Å². The molecule has 0 fully saturated rings. The Morgan fingerprint density at radius 1 is 1.73 bits per heavy atom. The van der Waals surface area contributed by atoms with Crippen LogP contribution in [0, 0.1) is 0 Å². The lowest BCUT2D eigenvalue weighted by Crippen LogP contribution is -2.34. The molecular formula is C9H13N3O3. The fourth-order valence-corrected chi connectivity index (χ4v) is 0.907. The molecule has 0 radical (unpaired) electrons. The summed E-state index contributed by atoms with van der Waals surface area (Å²) in [7, 11) is 1.54. The molecule has 6 nitrogen and oxygen atoms in total. The molecule has 1 amide bonds. The van der Waals surface area contributed by atoms with Crippen molar-refractivity contribution in [2.24, 2.45) is 5.73 Å². The van der Waals surface area contributed by atoms with Crippen LogP contribution < -0.4 is 15.8 Å². The van der Waals surface area contributed by atoms with Gasteiger partial charge in [0.05, 0.1) is 19.9 Å². The standard InChI is InChI=1S/C9H13N3O3/c1-15-6-2-3-8(11-4-6)12-5-7(13)9(10)14/h2-4,7,13H,5H2,1H3,(H2,10,14)(H,11,12). The second-order valence-electron chi connectivity index (χ2n) is 2.88. The number of nitrogens with two attached hydrogens (primary N) is 1. The van der Waals surface area contributed by atoms with Crippen LogP contribution in [-0.2, 0) is 4.79 Å². The van der Waals surface area contributed by atoms with Crippen molar-refractivity contribution in [3.63, 3.8) is 0 Å². The summed E-state index contributed by atoms with van der Waals surface area (Å²) in [6.45, 7) is 0.0364. The van der Waals surface area contributed by atoms with Gasteiger partial charge in [0.15, 0.2) is 0 Å². The van der Waals surface area contributed by atoms with Gasteiger partial charge in [0, 0.05) is 0 Å². The largest absolute Gasteiger partial charge is 0.495 e. The number of rotatable bonds is 5. The van der Waals surface area contributed by atoms with Gasteiger partial charge in [-0.25, -0.2) is 4.98 Å². The molecule has 1 atom stereocenters. The first-order valence-electron chi connectivity index (χ1n) is 4.35. The van der Waals surface area contributed by atoms with Crippen LogP contribution >= 0.6 is 0 Å². The van der Waals surface area contributed by atoms with Crippen molar-refractivity contribution in [1.82, 2.24) is 4.98 Å². The highest BCUT2D eigenvalue weighted by Gasteiger charge is 2.09. The SMILES string of the molecule is COc1ccc(NCC(O)C(N)=O)nc1. The first-order chi connectivity index (χ1) is 7.13. The van der Waals surface area contributed by atoms with E-state index in [9.17, 15) is 4.79 Å². The van der Waals surface area contributed by atoms with Crippen LogP contribution in [0.25, 0.3) is 0 Å². The van der Waals surface area contributed by atoms with Gasteiger partial charge in [0.25, 0.3) is 0 Å². The highest BCUT2D eigenvalue weighted by atomic mass is 16.5. The summed E-state index contributed by atoms with van der Waals surface area (Å²) in [5.41, 5.74) is 4.88. The molecule has 1 unspecified atom stereocenters. The molecule has 0 saturated carbocycles. The van der Waals surface area contributed by atoms with Gasteiger partial charge < -0.3 is 20.9 Å². The number of hydrogen-bond donors (Lipinski definition) is 3. The van der Waals surface area contributed by atoms with Crippen molar-refractivity contribution in [3.05, 3.63) is 18.3 Å². The lowest BCUT2D eigenvalue weighted by molar-refractivity contribution is -0.125. The van der Waals surface area contributed by atoms with Gasteiger partial charge in [-0.3, -0.25) is 4.79 Å². The van der Waals surface area contributed by atoms with Crippen LogP contribution in [-0.4, -0.2) is 35.8 Å². The van der Waals surface area contributed by atoms with Crippen molar-refractivity contribution in [3.8, 4) is 5.75 Å². The monoisotopic (exact) mass is 211 g/mol. The van der Waals surface area contributed by atoms with E-state index in [1.807, 2.05) is 0 Å². The third-order valence-corrected chi connectivity index (χ3v) is 1.78.